The molecule has 17 heavy (non-hydrogen) atoms. The van der Waals surface area contributed by atoms with E-state index in [0.29, 0.717) is 22.3 Å². The van der Waals surface area contributed by atoms with E-state index in [2.05, 4.69) is 0 Å². The molecular formula is C12H16Cl3NO. The van der Waals surface area contributed by atoms with Crippen molar-refractivity contribution in [1.29, 1.82) is 0 Å². The monoisotopic (exact) mass is 295 g/mol. The molecule has 0 saturated heterocycles. The standard InChI is InChI=1S/C12H15Cl2NO.ClH/c13-10-5-8(7-15)6-11(14)12(10)16-9-3-1-2-4-9;/h5-6,9H,1-4,7,15H2;1H. The minimum atomic E-state index is 0. The first-order valence-corrected chi connectivity index (χ1v) is 6.31. The molecule has 0 aromatic heterocycles. The van der Waals surface area contributed by atoms with Gasteiger partial charge in [-0.25, -0.2) is 0 Å². The highest BCUT2D eigenvalue weighted by atomic mass is 35.5. The fourth-order valence-electron chi connectivity index (χ4n) is 2.02. The Kier molecular flexibility index (Phi) is 5.87. The Morgan fingerprint density at radius 1 is 1.18 bits per heavy atom. The maximum absolute atomic E-state index is 6.13. The summed E-state index contributed by atoms with van der Waals surface area (Å²) in [6, 6.07) is 3.63. The summed E-state index contributed by atoms with van der Waals surface area (Å²) in [5.74, 6) is 0.604. The Hall–Kier alpha value is -0.150. The molecule has 1 aliphatic carbocycles. The van der Waals surface area contributed by atoms with Crippen molar-refractivity contribution in [1.82, 2.24) is 0 Å². The van der Waals surface area contributed by atoms with Gasteiger partial charge in [-0.05, 0) is 43.4 Å². The second-order valence-electron chi connectivity index (χ2n) is 4.12. The summed E-state index contributed by atoms with van der Waals surface area (Å²) in [6.07, 6.45) is 4.89. The maximum Gasteiger partial charge on any atom is 0.156 e. The van der Waals surface area contributed by atoms with E-state index in [0.717, 1.165) is 18.4 Å². The number of rotatable bonds is 3. The van der Waals surface area contributed by atoms with Gasteiger partial charge in [0.05, 0.1) is 16.1 Å². The van der Waals surface area contributed by atoms with Gasteiger partial charge in [0.15, 0.2) is 5.75 Å². The number of hydrogen-bond donors (Lipinski definition) is 1. The number of ether oxygens (including phenoxy) is 1. The van der Waals surface area contributed by atoms with Crippen molar-refractivity contribution >= 4 is 35.6 Å². The summed E-state index contributed by atoms with van der Waals surface area (Å²) in [5.41, 5.74) is 6.47. The van der Waals surface area contributed by atoms with Gasteiger partial charge in [-0.3, -0.25) is 0 Å². The molecule has 5 heteroatoms. The number of hydrogen-bond acceptors (Lipinski definition) is 2. The van der Waals surface area contributed by atoms with Crippen LogP contribution in [0.25, 0.3) is 0 Å². The fourth-order valence-corrected chi connectivity index (χ4v) is 2.64. The molecule has 1 aromatic rings. The van der Waals surface area contributed by atoms with Gasteiger partial charge < -0.3 is 10.5 Å². The van der Waals surface area contributed by atoms with Crippen LogP contribution in [0.3, 0.4) is 0 Å². The second kappa shape index (κ2) is 6.69. The van der Waals surface area contributed by atoms with Gasteiger partial charge in [0.1, 0.15) is 0 Å². The van der Waals surface area contributed by atoms with Crippen molar-refractivity contribution in [3.63, 3.8) is 0 Å². The maximum atomic E-state index is 6.13. The fraction of sp³-hybridized carbons (Fsp3) is 0.500. The molecule has 0 atom stereocenters. The zero-order valence-electron chi connectivity index (χ0n) is 9.42. The van der Waals surface area contributed by atoms with E-state index >= 15 is 0 Å². The lowest BCUT2D eigenvalue weighted by atomic mass is 10.2. The minimum absolute atomic E-state index is 0. The molecule has 0 radical (unpaired) electrons. The smallest absolute Gasteiger partial charge is 0.156 e. The Balaban J connectivity index is 0.00000144. The molecule has 1 saturated carbocycles. The summed E-state index contributed by atoms with van der Waals surface area (Å²) in [5, 5.41) is 1.11. The Bertz CT molecular complexity index is 355. The topological polar surface area (TPSA) is 35.2 Å². The molecule has 0 aliphatic heterocycles. The number of benzene rings is 1. The van der Waals surface area contributed by atoms with E-state index in [1.54, 1.807) is 0 Å². The van der Waals surface area contributed by atoms with Crippen LogP contribution in [0.15, 0.2) is 12.1 Å². The van der Waals surface area contributed by atoms with Crippen molar-refractivity contribution in [3.8, 4) is 5.75 Å². The van der Waals surface area contributed by atoms with E-state index in [1.807, 2.05) is 12.1 Å². The van der Waals surface area contributed by atoms with Crippen LogP contribution in [0.1, 0.15) is 31.2 Å². The van der Waals surface area contributed by atoms with E-state index in [4.69, 9.17) is 33.7 Å². The van der Waals surface area contributed by atoms with Crippen LogP contribution in [0.5, 0.6) is 5.75 Å². The van der Waals surface area contributed by atoms with Crippen LogP contribution in [0.2, 0.25) is 10.0 Å². The van der Waals surface area contributed by atoms with Crippen molar-refractivity contribution in [3.05, 3.63) is 27.7 Å². The quantitative estimate of drug-likeness (QED) is 0.907. The summed E-state index contributed by atoms with van der Waals surface area (Å²) < 4.78 is 5.83. The van der Waals surface area contributed by atoms with Crippen LogP contribution in [-0.4, -0.2) is 6.10 Å². The summed E-state index contributed by atoms with van der Waals surface area (Å²) >= 11 is 12.3. The van der Waals surface area contributed by atoms with E-state index in [1.165, 1.54) is 12.8 Å². The molecule has 1 aliphatic rings. The van der Waals surface area contributed by atoms with Crippen LogP contribution >= 0.6 is 35.6 Å². The summed E-state index contributed by atoms with van der Waals surface area (Å²) in [6.45, 7) is 0.434. The Morgan fingerprint density at radius 2 is 1.71 bits per heavy atom. The third kappa shape index (κ3) is 3.65. The van der Waals surface area contributed by atoms with Crippen LogP contribution < -0.4 is 10.5 Å². The molecule has 96 valence electrons. The van der Waals surface area contributed by atoms with Crippen molar-refractivity contribution < 1.29 is 4.74 Å². The normalized spacial score (nSPS) is 15.7. The molecule has 0 heterocycles. The molecule has 0 unspecified atom stereocenters. The molecule has 0 spiro atoms. The van der Waals surface area contributed by atoms with Crippen LogP contribution in [0.4, 0.5) is 0 Å². The second-order valence-corrected chi connectivity index (χ2v) is 4.93. The van der Waals surface area contributed by atoms with Crippen molar-refractivity contribution in [2.45, 2.75) is 38.3 Å². The summed E-state index contributed by atoms with van der Waals surface area (Å²) in [7, 11) is 0. The van der Waals surface area contributed by atoms with Gasteiger partial charge in [0.2, 0.25) is 0 Å². The Morgan fingerprint density at radius 3 is 2.18 bits per heavy atom. The lowest BCUT2D eigenvalue weighted by Gasteiger charge is -2.16. The minimum Gasteiger partial charge on any atom is -0.487 e. The molecule has 2 N–H and O–H groups in total. The average Bonchev–Trinajstić information content (AvgIpc) is 2.75. The van der Waals surface area contributed by atoms with Gasteiger partial charge in [0.25, 0.3) is 0 Å². The molecule has 2 rings (SSSR count). The molecule has 0 bridgehead atoms. The van der Waals surface area contributed by atoms with Gasteiger partial charge in [-0.2, -0.15) is 0 Å². The van der Waals surface area contributed by atoms with E-state index < -0.39 is 0 Å². The summed E-state index contributed by atoms with van der Waals surface area (Å²) in [4.78, 5) is 0. The van der Waals surface area contributed by atoms with Gasteiger partial charge in [0, 0.05) is 6.54 Å². The van der Waals surface area contributed by atoms with E-state index in [9.17, 15) is 0 Å². The molecular weight excluding hydrogens is 280 g/mol. The average molecular weight is 297 g/mol. The van der Waals surface area contributed by atoms with E-state index in [-0.39, 0.29) is 18.5 Å². The third-order valence-electron chi connectivity index (χ3n) is 2.88. The molecule has 2 nitrogen and oxygen atoms in total. The largest absolute Gasteiger partial charge is 0.487 e. The highest BCUT2D eigenvalue weighted by Crippen LogP contribution is 2.36. The van der Waals surface area contributed by atoms with Crippen LogP contribution in [-0.2, 0) is 6.54 Å². The zero-order valence-corrected chi connectivity index (χ0v) is 11.7. The zero-order chi connectivity index (χ0) is 11.5. The molecule has 0 amide bonds. The van der Waals surface area contributed by atoms with Crippen LogP contribution in [0, 0.1) is 0 Å². The third-order valence-corrected chi connectivity index (χ3v) is 3.44. The Labute approximate surface area is 118 Å². The first kappa shape index (κ1) is 14.9. The van der Waals surface area contributed by atoms with Crippen molar-refractivity contribution in [2.24, 2.45) is 5.73 Å². The SMILES string of the molecule is Cl.NCc1cc(Cl)c(OC2CCCC2)c(Cl)c1. The first-order chi connectivity index (χ1) is 7.70. The lowest BCUT2D eigenvalue weighted by Crippen LogP contribution is -2.11. The van der Waals surface area contributed by atoms with Gasteiger partial charge in [-0.1, -0.05) is 23.2 Å². The number of nitrogens with two attached hydrogens (primary N) is 1. The first-order valence-electron chi connectivity index (χ1n) is 5.55. The predicted octanol–water partition coefficient (Wildman–Crippen LogP) is 4.20. The van der Waals surface area contributed by atoms with Gasteiger partial charge in [-0.15, -0.1) is 12.4 Å². The highest BCUT2D eigenvalue weighted by Gasteiger charge is 2.19. The molecule has 1 aromatic carbocycles. The van der Waals surface area contributed by atoms with Gasteiger partial charge >= 0.3 is 0 Å². The number of halogens is 3. The van der Waals surface area contributed by atoms with Crippen molar-refractivity contribution in [2.75, 3.05) is 0 Å². The lowest BCUT2D eigenvalue weighted by molar-refractivity contribution is 0.210. The molecule has 1 fully saturated rings. The highest BCUT2D eigenvalue weighted by molar-refractivity contribution is 6.37. The predicted molar refractivity (Wildman–Crippen MR) is 74.5 cm³/mol.